The standard InChI is InChI=1S/C20H18Cl3N3O3/c21-12-1-4-14(5-2-12)29-8-17(27)26-20-9-19(20,10-20)11-24-18(28)25-13-3-6-15(22)16(23)7-13/h1-7H,8-11H2,(H,26,27)(H2,24,25,28). The van der Waals surface area contributed by atoms with Crippen LogP contribution in [0.1, 0.15) is 12.8 Å². The zero-order valence-corrected chi connectivity index (χ0v) is 17.5. The average Bonchev–Trinajstić information content (AvgIpc) is 3.48. The Balaban J connectivity index is 1.19. The molecule has 0 bridgehead atoms. The minimum absolute atomic E-state index is 0.0576. The molecule has 3 N–H and O–H groups in total. The summed E-state index contributed by atoms with van der Waals surface area (Å²) in [5.41, 5.74) is 0.280. The van der Waals surface area contributed by atoms with Gasteiger partial charge in [-0.05, 0) is 55.3 Å². The Labute approximate surface area is 182 Å². The summed E-state index contributed by atoms with van der Waals surface area (Å²) in [6.45, 7) is 0.420. The van der Waals surface area contributed by atoms with Gasteiger partial charge < -0.3 is 20.7 Å². The molecule has 0 saturated heterocycles. The third kappa shape index (κ3) is 4.39. The van der Waals surface area contributed by atoms with Gasteiger partial charge in [-0.2, -0.15) is 0 Å². The molecule has 0 aromatic heterocycles. The Kier molecular flexibility index (Phi) is 5.27. The molecule has 2 saturated carbocycles. The Morgan fingerprint density at radius 1 is 1.00 bits per heavy atom. The zero-order chi connectivity index (χ0) is 20.6. The second kappa shape index (κ2) is 7.59. The minimum Gasteiger partial charge on any atom is -0.484 e. The maximum absolute atomic E-state index is 12.2. The molecule has 29 heavy (non-hydrogen) atoms. The smallest absolute Gasteiger partial charge is 0.319 e. The summed E-state index contributed by atoms with van der Waals surface area (Å²) in [5.74, 6) is 0.403. The van der Waals surface area contributed by atoms with Crippen LogP contribution in [-0.4, -0.2) is 30.6 Å². The summed E-state index contributed by atoms with van der Waals surface area (Å²) in [6, 6.07) is 11.4. The van der Waals surface area contributed by atoms with Crippen molar-refractivity contribution in [1.82, 2.24) is 10.6 Å². The third-order valence-corrected chi connectivity index (χ3v) is 6.36. The van der Waals surface area contributed by atoms with E-state index in [9.17, 15) is 9.59 Å². The van der Waals surface area contributed by atoms with Crippen LogP contribution in [0, 0.1) is 5.41 Å². The predicted molar refractivity (Wildman–Crippen MR) is 113 cm³/mol. The van der Waals surface area contributed by atoms with E-state index in [4.69, 9.17) is 39.5 Å². The van der Waals surface area contributed by atoms with Gasteiger partial charge in [0.25, 0.3) is 5.91 Å². The van der Waals surface area contributed by atoms with Gasteiger partial charge in [-0.25, -0.2) is 4.79 Å². The number of rotatable bonds is 7. The van der Waals surface area contributed by atoms with E-state index in [1.807, 2.05) is 0 Å². The summed E-state index contributed by atoms with van der Waals surface area (Å²) in [4.78, 5) is 24.3. The average molecular weight is 455 g/mol. The number of anilines is 1. The first kappa shape index (κ1) is 20.1. The van der Waals surface area contributed by atoms with E-state index < -0.39 is 0 Å². The summed E-state index contributed by atoms with van der Waals surface area (Å²) >= 11 is 17.6. The van der Waals surface area contributed by atoms with Gasteiger partial charge in [0.1, 0.15) is 5.75 Å². The number of fused-ring (bicyclic) bond motifs is 1. The van der Waals surface area contributed by atoms with Gasteiger partial charge >= 0.3 is 6.03 Å². The highest BCUT2D eigenvalue weighted by atomic mass is 35.5. The van der Waals surface area contributed by atoms with E-state index in [1.54, 1.807) is 42.5 Å². The number of urea groups is 1. The van der Waals surface area contributed by atoms with Crippen molar-refractivity contribution < 1.29 is 14.3 Å². The zero-order valence-electron chi connectivity index (χ0n) is 15.2. The lowest BCUT2D eigenvalue weighted by Crippen LogP contribution is -2.35. The van der Waals surface area contributed by atoms with Crippen molar-refractivity contribution >= 4 is 52.4 Å². The quantitative estimate of drug-likeness (QED) is 0.576. The van der Waals surface area contributed by atoms with Gasteiger partial charge in [0, 0.05) is 28.2 Å². The van der Waals surface area contributed by atoms with Gasteiger partial charge in [0.15, 0.2) is 6.61 Å². The van der Waals surface area contributed by atoms with Crippen LogP contribution in [0.2, 0.25) is 15.1 Å². The molecule has 0 radical (unpaired) electrons. The molecule has 4 rings (SSSR count). The highest BCUT2D eigenvalue weighted by molar-refractivity contribution is 6.42. The van der Waals surface area contributed by atoms with E-state index in [0.717, 1.165) is 12.8 Å². The molecule has 6 nitrogen and oxygen atoms in total. The molecule has 2 aliphatic carbocycles. The molecule has 0 heterocycles. The van der Waals surface area contributed by atoms with Crippen LogP contribution in [0.4, 0.5) is 10.5 Å². The van der Waals surface area contributed by atoms with Gasteiger partial charge in [-0.1, -0.05) is 34.8 Å². The molecule has 0 spiro atoms. The summed E-state index contributed by atoms with van der Waals surface area (Å²) in [6.07, 6.45) is 1.69. The van der Waals surface area contributed by atoms with Crippen LogP contribution < -0.4 is 20.7 Å². The molecule has 2 aromatic carbocycles. The van der Waals surface area contributed by atoms with Crippen molar-refractivity contribution in [2.24, 2.45) is 5.41 Å². The SMILES string of the molecule is O=C(COc1ccc(Cl)cc1)NC12CC1(CNC(=O)Nc1ccc(Cl)c(Cl)c1)C2. The number of amides is 3. The first-order chi connectivity index (χ1) is 13.8. The number of carbonyl (C=O) groups excluding carboxylic acids is 2. The molecule has 3 amide bonds. The number of hydrogen-bond donors (Lipinski definition) is 3. The lowest BCUT2D eigenvalue weighted by Gasteiger charge is -2.09. The van der Waals surface area contributed by atoms with Crippen LogP contribution >= 0.6 is 34.8 Å². The van der Waals surface area contributed by atoms with Crippen LogP contribution in [0.5, 0.6) is 5.75 Å². The molecule has 152 valence electrons. The Bertz CT molecular complexity index is 959. The van der Waals surface area contributed by atoms with Crippen LogP contribution in [0.3, 0.4) is 0 Å². The van der Waals surface area contributed by atoms with Crippen molar-refractivity contribution in [3.8, 4) is 5.75 Å². The number of carbonyl (C=O) groups is 2. The largest absolute Gasteiger partial charge is 0.484 e. The number of hydrogen-bond acceptors (Lipinski definition) is 3. The molecule has 0 unspecified atom stereocenters. The van der Waals surface area contributed by atoms with Crippen molar-refractivity contribution in [2.45, 2.75) is 18.4 Å². The van der Waals surface area contributed by atoms with Crippen molar-refractivity contribution in [1.29, 1.82) is 0 Å². The van der Waals surface area contributed by atoms with Crippen molar-refractivity contribution in [2.75, 3.05) is 18.5 Å². The number of nitrogens with one attached hydrogen (secondary N) is 3. The van der Waals surface area contributed by atoms with Crippen molar-refractivity contribution in [3.63, 3.8) is 0 Å². The number of benzene rings is 2. The second-order valence-electron chi connectivity index (χ2n) is 7.44. The highest BCUT2D eigenvalue weighted by Gasteiger charge is 2.83. The normalized spacial score (nSPS) is 23.6. The molecule has 0 aliphatic heterocycles. The first-order valence-corrected chi connectivity index (χ1v) is 10.1. The van der Waals surface area contributed by atoms with Crippen molar-refractivity contribution in [3.05, 3.63) is 57.5 Å². The topological polar surface area (TPSA) is 79.5 Å². The fraction of sp³-hybridized carbons (Fsp3) is 0.300. The summed E-state index contributed by atoms with van der Waals surface area (Å²) < 4.78 is 5.46. The Hall–Kier alpha value is -2.15. The van der Waals surface area contributed by atoms with E-state index >= 15 is 0 Å². The highest BCUT2D eigenvalue weighted by Crippen LogP contribution is 2.78. The maximum Gasteiger partial charge on any atom is 0.319 e. The number of ether oxygens (including phenoxy) is 1. The van der Waals surface area contributed by atoms with E-state index in [1.165, 1.54) is 0 Å². The molecular weight excluding hydrogens is 437 g/mol. The first-order valence-electron chi connectivity index (χ1n) is 9.00. The monoisotopic (exact) mass is 453 g/mol. The maximum atomic E-state index is 12.2. The lowest BCUT2D eigenvalue weighted by molar-refractivity contribution is -0.123. The summed E-state index contributed by atoms with van der Waals surface area (Å²) in [5, 5.41) is 9.99. The lowest BCUT2D eigenvalue weighted by atomic mass is 10.2. The van der Waals surface area contributed by atoms with Gasteiger partial charge in [-0.3, -0.25) is 4.79 Å². The molecule has 9 heteroatoms. The minimum atomic E-state index is -0.331. The Morgan fingerprint density at radius 2 is 1.72 bits per heavy atom. The van der Waals surface area contributed by atoms with Crippen LogP contribution in [-0.2, 0) is 4.79 Å². The molecule has 2 fully saturated rings. The third-order valence-electron chi connectivity index (χ3n) is 5.37. The van der Waals surface area contributed by atoms with Gasteiger partial charge in [-0.15, -0.1) is 0 Å². The fourth-order valence-corrected chi connectivity index (χ4v) is 3.94. The Morgan fingerprint density at radius 3 is 2.41 bits per heavy atom. The van der Waals surface area contributed by atoms with E-state index in [-0.39, 0.29) is 29.5 Å². The fourth-order valence-electron chi connectivity index (χ4n) is 3.51. The van der Waals surface area contributed by atoms with Gasteiger partial charge in [0.05, 0.1) is 10.0 Å². The summed E-state index contributed by atoms with van der Waals surface area (Å²) in [7, 11) is 0. The van der Waals surface area contributed by atoms with Crippen LogP contribution in [0.25, 0.3) is 0 Å². The van der Waals surface area contributed by atoms with E-state index in [2.05, 4.69) is 16.0 Å². The predicted octanol–water partition coefficient (Wildman–Crippen LogP) is 4.50. The number of halogens is 3. The van der Waals surface area contributed by atoms with Gasteiger partial charge in [0.2, 0.25) is 0 Å². The second-order valence-corrected chi connectivity index (χ2v) is 8.69. The van der Waals surface area contributed by atoms with Crippen LogP contribution in [0.15, 0.2) is 42.5 Å². The molecular formula is C20H18Cl3N3O3. The molecule has 2 aliphatic rings. The molecule has 2 aromatic rings. The molecule has 0 atom stereocenters. The van der Waals surface area contributed by atoms with E-state index in [0.29, 0.717) is 33.0 Å².